The minimum absolute atomic E-state index is 0.220. The molecular formula is C12H9F4N3. The van der Waals surface area contributed by atoms with E-state index in [-0.39, 0.29) is 11.6 Å². The van der Waals surface area contributed by atoms with Crippen molar-refractivity contribution in [2.24, 2.45) is 0 Å². The van der Waals surface area contributed by atoms with Gasteiger partial charge < -0.3 is 4.57 Å². The SMILES string of the molecule is Fc1ccc(-c2nncn2C2CC2)cc1C(F)(F)F. The molecule has 3 nitrogen and oxygen atoms in total. The molecule has 1 aliphatic rings. The number of benzene rings is 1. The van der Waals surface area contributed by atoms with Crippen LogP contribution in [0.4, 0.5) is 17.6 Å². The Morgan fingerprint density at radius 1 is 1.21 bits per heavy atom. The molecule has 1 aromatic carbocycles. The van der Waals surface area contributed by atoms with E-state index < -0.39 is 17.6 Å². The molecule has 1 aromatic heterocycles. The normalized spacial score (nSPS) is 15.8. The van der Waals surface area contributed by atoms with E-state index in [1.54, 1.807) is 4.57 Å². The summed E-state index contributed by atoms with van der Waals surface area (Å²) in [6.45, 7) is 0. The third-order valence-electron chi connectivity index (χ3n) is 3.04. The first-order valence-electron chi connectivity index (χ1n) is 5.73. The maximum Gasteiger partial charge on any atom is 0.419 e. The van der Waals surface area contributed by atoms with Crippen molar-refractivity contribution in [3.05, 3.63) is 35.9 Å². The summed E-state index contributed by atoms with van der Waals surface area (Å²) in [5, 5.41) is 7.54. The summed E-state index contributed by atoms with van der Waals surface area (Å²) < 4.78 is 52.9. The van der Waals surface area contributed by atoms with E-state index in [0.29, 0.717) is 5.82 Å². The monoisotopic (exact) mass is 271 g/mol. The number of hydrogen-bond donors (Lipinski definition) is 0. The Labute approximate surface area is 105 Å². The highest BCUT2D eigenvalue weighted by Crippen LogP contribution is 2.39. The third kappa shape index (κ3) is 2.20. The van der Waals surface area contributed by atoms with Crippen LogP contribution in [0, 0.1) is 5.82 Å². The molecule has 1 heterocycles. The molecule has 0 unspecified atom stereocenters. The van der Waals surface area contributed by atoms with Crippen LogP contribution < -0.4 is 0 Å². The maximum absolute atomic E-state index is 13.2. The van der Waals surface area contributed by atoms with E-state index in [0.717, 1.165) is 25.0 Å². The standard InChI is InChI=1S/C12H9F4N3/c13-10-4-1-7(5-9(10)12(14,15)16)11-18-17-6-19(11)8-2-3-8/h1,4-6,8H,2-3H2. The van der Waals surface area contributed by atoms with Gasteiger partial charge in [-0.05, 0) is 31.0 Å². The molecule has 3 rings (SSSR count). The fourth-order valence-corrected chi connectivity index (χ4v) is 1.95. The first-order valence-corrected chi connectivity index (χ1v) is 5.73. The molecule has 19 heavy (non-hydrogen) atoms. The number of nitrogens with zero attached hydrogens (tertiary/aromatic N) is 3. The van der Waals surface area contributed by atoms with Crippen LogP contribution in [0.25, 0.3) is 11.4 Å². The molecule has 1 aliphatic carbocycles. The predicted molar refractivity (Wildman–Crippen MR) is 58.7 cm³/mol. The smallest absolute Gasteiger partial charge is 0.310 e. The van der Waals surface area contributed by atoms with Crippen molar-refractivity contribution in [3.63, 3.8) is 0 Å². The molecule has 0 saturated heterocycles. The maximum atomic E-state index is 13.2. The molecule has 2 aromatic rings. The van der Waals surface area contributed by atoms with Crippen LogP contribution in [0.2, 0.25) is 0 Å². The topological polar surface area (TPSA) is 30.7 Å². The van der Waals surface area contributed by atoms with Gasteiger partial charge in [-0.15, -0.1) is 10.2 Å². The minimum Gasteiger partial charge on any atom is -0.310 e. The molecular weight excluding hydrogens is 262 g/mol. The van der Waals surface area contributed by atoms with E-state index >= 15 is 0 Å². The van der Waals surface area contributed by atoms with Crippen LogP contribution in [0.15, 0.2) is 24.5 Å². The van der Waals surface area contributed by atoms with E-state index in [4.69, 9.17) is 0 Å². The number of aromatic nitrogens is 3. The summed E-state index contributed by atoms with van der Waals surface area (Å²) in [7, 11) is 0. The van der Waals surface area contributed by atoms with Gasteiger partial charge in [0.05, 0.1) is 5.56 Å². The Hall–Kier alpha value is -1.92. The van der Waals surface area contributed by atoms with Crippen LogP contribution in [0.3, 0.4) is 0 Å². The van der Waals surface area contributed by atoms with Crippen molar-refractivity contribution in [2.45, 2.75) is 25.1 Å². The molecule has 0 atom stereocenters. The highest BCUT2D eigenvalue weighted by atomic mass is 19.4. The second-order valence-electron chi connectivity index (χ2n) is 4.49. The van der Waals surface area contributed by atoms with E-state index in [1.807, 2.05) is 0 Å². The number of halogens is 4. The van der Waals surface area contributed by atoms with Crippen LogP contribution in [0.1, 0.15) is 24.4 Å². The fourth-order valence-electron chi connectivity index (χ4n) is 1.95. The molecule has 1 fully saturated rings. The lowest BCUT2D eigenvalue weighted by Gasteiger charge is -2.10. The molecule has 0 N–H and O–H groups in total. The summed E-state index contributed by atoms with van der Waals surface area (Å²) >= 11 is 0. The molecule has 100 valence electrons. The Bertz CT molecular complexity index is 614. The zero-order valence-electron chi connectivity index (χ0n) is 9.65. The zero-order valence-corrected chi connectivity index (χ0v) is 9.65. The average molecular weight is 271 g/mol. The van der Waals surface area contributed by atoms with Crippen molar-refractivity contribution < 1.29 is 17.6 Å². The quantitative estimate of drug-likeness (QED) is 0.783. The minimum atomic E-state index is -4.72. The Morgan fingerprint density at radius 2 is 1.95 bits per heavy atom. The van der Waals surface area contributed by atoms with Gasteiger partial charge in [0.25, 0.3) is 0 Å². The van der Waals surface area contributed by atoms with Crippen LogP contribution in [0.5, 0.6) is 0 Å². The van der Waals surface area contributed by atoms with Crippen LogP contribution >= 0.6 is 0 Å². The van der Waals surface area contributed by atoms with Gasteiger partial charge in [0.15, 0.2) is 5.82 Å². The summed E-state index contributed by atoms with van der Waals surface area (Å²) in [6, 6.07) is 3.11. The van der Waals surface area contributed by atoms with Crippen molar-refractivity contribution >= 4 is 0 Å². The Kier molecular flexibility index (Phi) is 2.58. The second kappa shape index (κ2) is 4.04. The number of rotatable bonds is 2. The van der Waals surface area contributed by atoms with Crippen LogP contribution in [-0.4, -0.2) is 14.8 Å². The van der Waals surface area contributed by atoms with Crippen molar-refractivity contribution in [3.8, 4) is 11.4 Å². The Morgan fingerprint density at radius 3 is 2.58 bits per heavy atom. The van der Waals surface area contributed by atoms with E-state index in [9.17, 15) is 17.6 Å². The summed E-state index contributed by atoms with van der Waals surface area (Å²) in [6.07, 6.45) is -1.31. The van der Waals surface area contributed by atoms with Gasteiger partial charge in [0.2, 0.25) is 0 Å². The second-order valence-corrected chi connectivity index (χ2v) is 4.49. The lowest BCUT2D eigenvalue weighted by Crippen LogP contribution is -2.08. The highest BCUT2D eigenvalue weighted by molar-refractivity contribution is 5.57. The summed E-state index contributed by atoms with van der Waals surface area (Å²) in [5.74, 6) is -0.943. The largest absolute Gasteiger partial charge is 0.419 e. The van der Waals surface area contributed by atoms with E-state index in [2.05, 4.69) is 10.2 Å². The Balaban J connectivity index is 2.08. The highest BCUT2D eigenvalue weighted by Gasteiger charge is 2.35. The average Bonchev–Trinajstić information content (AvgIpc) is 3.07. The zero-order chi connectivity index (χ0) is 13.6. The lowest BCUT2D eigenvalue weighted by atomic mass is 10.1. The molecule has 7 heteroatoms. The summed E-state index contributed by atoms with van der Waals surface area (Å²) in [5.41, 5.74) is -1.06. The van der Waals surface area contributed by atoms with Gasteiger partial charge in [0.1, 0.15) is 12.1 Å². The van der Waals surface area contributed by atoms with Gasteiger partial charge in [0, 0.05) is 11.6 Å². The molecule has 0 radical (unpaired) electrons. The van der Waals surface area contributed by atoms with Gasteiger partial charge in [-0.1, -0.05) is 0 Å². The molecule has 1 saturated carbocycles. The van der Waals surface area contributed by atoms with Gasteiger partial charge in [-0.2, -0.15) is 13.2 Å². The fraction of sp³-hybridized carbons (Fsp3) is 0.333. The molecule has 0 spiro atoms. The van der Waals surface area contributed by atoms with Crippen molar-refractivity contribution in [1.29, 1.82) is 0 Å². The molecule has 0 amide bonds. The number of alkyl halides is 3. The van der Waals surface area contributed by atoms with Crippen molar-refractivity contribution in [2.75, 3.05) is 0 Å². The van der Waals surface area contributed by atoms with Crippen LogP contribution in [-0.2, 0) is 6.18 Å². The lowest BCUT2D eigenvalue weighted by molar-refractivity contribution is -0.139. The first kappa shape index (κ1) is 12.1. The summed E-state index contributed by atoms with van der Waals surface area (Å²) in [4.78, 5) is 0. The molecule has 0 bridgehead atoms. The first-order chi connectivity index (χ1) is 8.97. The number of hydrogen-bond acceptors (Lipinski definition) is 2. The molecule has 0 aliphatic heterocycles. The van der Waals surface area contributed by atoms with Crippen molar-refractivity contribution in [1.82, 2.24) is 14.8 Å². The van der Waals surface area contributed by atoms with Gasteiger partial charge in [-0.3, -0.25) is 0 Å². The predicted octanol–water partition coefficient (Wildman–Crippen LogP) is 3.44. The van der Waals surface area contributed by atoms with Gasteiger partial charge >= 0.3 is 6.18 Å². The van der Waals surface area contributed by atoms with E-state index in [1.165, 1.54) is 12.4 Å². The van der Waals surface area contributed by atoms with Gasteiger partial charge in [-0.25, -0.2) is 4.39 Å². The third-order valence-corrected chi connectivity index (χ3v) is 3.04.